The second-order valence-electron chi connectivity index (χ2n) is 7.06. The van der Waals surface area contributed by atoms with Crippen LogP contribution >= 0.6 is 23.1 Å². The molecule has 2 heterocycles. The first-order valence-electron chi connectivity index (χ1n) is 9.09. The van der Waals surface area contributed by atoms with E-state index in [0.717, 1.165) is 55.2 Å². The van der Waals surface area contributed by atoms with Crippen LogP contribution in [0, 0.1) is 0 Å². The van der Waals surface area contributed by atoms with Gasteiger partial charge in [0.15, 0.2) is 5.16 Å². The molecule has 2 aliphatic rings. The van der Waals surface area contributed by atoms with Gasteiger partial charge >= 0.3 is 0 Å². The van der Waals surface area contributed by atoms with E-state index < -0.39 is 5.25 Å². The van der Waals surface area contributed by atoms with Crippen LogP contribution in [0.15, 0.2) is 9.95 Å². The van der Waals surface area contributed by atoms with Gasteiger partial charge in [-0.2, -0.15) is 0 Å². The van der Waals surface area contributed by atoms with Crippen molar-refractivity contribution in [1.29, 1.82) is 0 Å². The SMILES string of the molecule is C[C@@H](Sc1nc2sc3c(c2c(=O)n1C1CCCC1)CCCC3)C(N)=O. The quantitative estimate of drug-likeness (QED) is 0.654. The number of aryl methyl sites for hydroxylation is 2. The number of fused-ring (bicyclic) bond motifs is 3. The van der Waals surface area contributed by atoms with Crippen LogP contribution in [0.1, 0.15) is 61.9 Å². The molecule has 0 radical (unpaired) electrons. The van der Waals surface area contributed by atoms with Crippen molar-refractivity contribution in [1.82, 2.24) is 9.55 Å². The summed E-state index contributed by atoms with van der Waals surface area (Å²) in [5, 5.41) is 1.10. The van der Waals surface area contributed by atoms with Crippen LogP contribution < -0.4 is 11.3 Å². The summed E-state index contributed by atoms with van der Waals surface area (Å²) in [7, 11) is 0. The number of hydrogen-bond acceptors (Lipinski definition) is 5. The summed E-state index contributed by atoms with van der Waals surface area (Å²) in [6, 6.07) is 0.200. The van der Waals surface area contributed by atoms with Gasteiger partial charge in [-0.25, -0.2) is 4.98 Å². The fraction of sp³-hybridized carbons (Fsp3) is 0.611. The van der Waals surface area contributed by atoms with Crippen LogP contribution in [-0.4, -0.2) is 20.7 Å². The summed E-state index contributed by atoms with van der Waals surface area (Å²) in [5.41, 5.74) is 6.77. The third-order valence-electron chi connectivity index (χ3n) is 5.36. The number of carbonyl (C=O) groups excluding carboxylic acids is 1. The lowest BCUT2D eigenvalue weighted by atomic mass is 9.97. The number of nitrogens with zero attached hydrogens (tertiary/aromatic N) is 2. The lowest BCUT2D eigenvalue weighted by molar-refractivity contribution is -0.117. The highest BCUT2D eigenvalue weighted by Gasteiger charge is 2.28. The molecule has 0 aliphatic heterocycles. The molecule has 25 heavy (non-hydrogen) atoms. The normalized spacial score (nSPS) is 19.2. The maximum Gasteiger partial charge on any atom is 0.263 e. The van der Waals surface area contributed by atoms with Crippen molar-refractivity contribution in [2.24, 2.45) is 5.73 Å². The molecule has 0 aromatic carbocycles. The zero-order valence-corrected chi connectivity index (χ0v) is 16.0. The molecule has 1 amide bonds. The Kier molecular flexibility index (Phi) is 4.62. The summed E-state index contributed by atoms with van der Waals surface area (Å²) in [6.45, 7) is 1.78. The van der Waals surface area contributed by atoms with Gasteiger partial charge in [-0.05, 0) is 51.0 Å². The molecule has 0 saturated heterocycles. The van der Waals surface area contributed by atoms with Gasteiger partial charge in [-0.15, -0.1) is 11.3 Å². The van der Waals surface area contributed by atoms with Crippen LogP contribution in [0.25, 0.3) is 10.2 Å². The molecular weight excluding hydrogens is 354 g/mol. The number of primary amides is 1. The highest BCUT2D eigenvalue weighted by atomic mass is 32.2. The van der Waals surface area contributed by atoms with E-state index in [4.69, 9.17) is 10.7 Å². The minimum Gasteiger partial charge on any atom is -0.369 e. The number of amides is 1. The number of aromatic nitrogens is 2. The monoisotopic (exact) mass is 377 g/mol. The molecule has 134 valence electrons. The molecule has 0 unspecified atom stereocenters. The van der Waals surface area contributed by atoms with E-state index in [2.05, 4.69) is 0 Å². The van der Waals surface area contributed by atoms with E-state index in [1.54, 1.807) is 18.3 Å². The number of carbonyl (C=O) groups is 1. The molecule has 1 fully saturated rings. The average Bonchev–Trinajstić information content (AvgIpc) is 3.21. The average molecular weight is 378 g/mol. The Balaban J connectivity index is 1.91. The Morgan fingerprint density at radius 3 is 2.72 bits per heavy atom. The largest absolute Gasteiger partial charge is 0.369 e. The van der Waals surface area contributed by atoms with E-state index in [1.807, 2.05) is 4.57 Å². The first kappa shape index (κ1) is 17.1. The Hall–Kier alpha value is -1.34. The third-order valence-corrected chi connectivity index (χ3v) is 7.63. The minimum absolute atomic E-state index is 0.0930. The van der Waals surface area contributed by atoms with Crippen molar-refractivity contribution in [3.05, 3.63) is 20.8 Å². The fourth-order valence-electron chi connectivity index (χ4n) is 3.98. The smallest absolute Gasteiger partial charge is 0.263 e. The standard InChI is InChI=1S/C18H23N3O2S2/c1-10(15(19)22)24-18-20-16-14(12-8-4-5-9-13(12)25-16)17(23)21(18)11-6-2-3-7-11/h10-11H,2-9H2,1H3,(H2,19,22)/t10-/m1/s1. The van der Waals surface area contributed by atoms with E-state index in [9.17, 15) is 9.59 Å². The van der Waals surface area contributed by atoms with Gasteiger partial charge in [0.2, 0.25) is 5.91 Å². The topological polar surface area (TPSA) is 78.0 Å². The van der Waals surface area contributed by atoms with Crippen molar-refractivity contribution in [2.75, 3.05) is 0 Å². The van der Waals surface area contributed by atoms with Crippen molar-refractivity contribution < 1.29 is 4.79 Å². The van der Waals surface area contributed by atoms with Crippen molar-refractivity contribution in [3.8, 4) is 0 Å². The Morgan fingerprint density at radius 2 is 2.00 bits per heavy atom. The zero-order chi connectivity index (χ0) is 17.6. The first-order valence-corrected chi connectivity index (χ1v) is 10.8. The zero-order valence-electron chi connectivity index (χ0n) is 14.4. The van der Waals surface area contributed by atoms with Crippen LogP contribution in [0.2, 0.25) is 0 Å². The summed E-state index contributed by atoms with van der Waals surface area (Å²) in [5.74, 6) is -0.372. The van der Waals surface area contributed by atoms with Crippen LogP contribution in [0.4, 0.5) is 0 Å². The summed E-state index contributed by atoms with van der Waals surface area (Å²) in [6.07, 6.45) is 8.70. The number of hydrogen-bond donors (Lipinski definition) is 1. The second-order valence-corrected chi connectivity index (χ2v) is 9.45. The Labute approximate surface area is 155 Å². The van der Waals surface area contributed by atoms with E-state index in [-0.39, 0.29) is 17.5 Å². The first-order chi connectivity index (χ1) is 12.1. The maximum atomic E-state index is 13.4. The predicted molar refractivity (Wildman–Crippen MR) is 103 cm³/mol. The van der Waals surface area contributed by atoms with Gasteiger partial charge in [0.25, 0.3) is 5.56 Å². The molecule has 2 N–H and O–H groups in total. The van der Waals surface area contributed by atoms with Gasteiger partial charge in [0.1, 0.15) is 4.83 Å². The predicted octanol–water partition coefficient (Wildman–Crippen LogP) is 3.42. The molecule has 2 aromatic heterocycles. The van der Waals surface area contributed by atoms with E-state index in [0.29, 0.717) is 5.16 Å². The fourth-order valence-corrected chi connectivity index (χ4v) is 6.21. The molecule has 2 aromatic rings. The molecule has 1 saturated carbocycles. The van der Waals surface area contributed by atoms with Gasteiger partial charge < -0.3 is 5.73 Å². The lowest BCUT2D eigenvalue weighted by Gasteiger charge is -2.19. The van der Waals surface area contributed by atoms with E-state index >= 15 is 0 Å². The number of nitrogens with two attached hydrogens (primary N) is 1. The highest BCUT2D eigenvalue weighted by molar-refractivity contribution is 8.00. The molecule has 0 bridgehead atoms. The van der Waals surface area contributed by atoms with Crippen molar-refractivity contribution in [2.45, 2.75) is 74.7 Å². The van der Waals surface area contributed by atoms with Gasteiger partial charge in [0, 0.05) is 10.9 Å². The third kappa shape index (κ3) is 3.01. The summed E-state index contributed by atoms with van der Waals surface area (Å²) >= 11 is 2.98. The van der Waals surface area contributed by atoms with Crippen molar-refractivity contribution >= 4 is 39.2 Å². The van der Waals surface area contributed by atoms with E-state index in [1.165, 1.54) is 28.6 Å². The lowest BCUT2D eigenvalue weighted by Crippen LogP contribution is -2.29. The van der Waals surface area contributed by atoms with Gasteiger partial charge in [-0.1, -0.05) is 24.6 Å². The number of thiophene rings is 1. The molecule has 0 spiro atoms. The van der Waals surface area contributed by atoms with Crippen molar-refractivity contribution in [3.63, 3.8) is 0 Å². The molecule has 1 atom stereocenters. The van der Waals surface area contributed by atoms with Crippen LogP contribution in [-0.2, 0) is 17.6 Å². The molecule has 4 rings (SSSR count). The molecule has 5 nitrogen and oxygen atoms in total. The second kappa shape index (κ2) is 6.76. The highest BCUT2D eigenvalue weighted by Crippen LogP contribution is 2.37. The van der Waals surface area contributed by atoms with Crippen LogP contribution in [0.5, 0.6) is 0 Å². The minimum atomic E-state index is -0.397. The number of thioether (sulfide) groups is 1. The summed E-state index contributed by atoms with van der Waals surface area (Å²) in [4.78, 5) is 32.0. The van der Waals surface area contributed by atoms with Gasteiger partial charge in [0.05, 0.1) is 10.6 Å². The molecule has 7 heteroatoms. The van der Waals surface area contributed by atoms with Gasteiger partial charge in [-0.3, -0.25) is 14.2 Å². The Morgan fingerprint density at radius 1 is 1.28 bits per heavy atom. The number of rotatable bonds is 4. The molecule has 2 aliphatic carbocycles. The maximum absolute atomic E-state index is 13.4. The summed E-state index contributed by atoms with van der Waals surface area (Å²) < 4.78 is 1.88. The molecular formula is C18H23N3O2S2. The van der Waals surface area contributed by atoms with Crippen LogP contribution in [0.3, 0.4) is 0 Å². The Bertz CT molecular complexity index is 881.